The molecule has 0 aliphatic rings. The van der Waals surface area contributed by atoms with Gasteiger partial charge in [-0.05, 0) is 39.2 Å². The second-order valence-electron chi connectivity index (χ2n) is 5.31. The summed E-state index contributed by atoms with van der Waals surface area (Å²) in [7, 11) is 0. The van der Waals surface area contributed by atoms with Gasteiger partial charge in [0.25, 0.3) is 0 Å². The van der Waals surface area contributed by atoms with E-state index in [1.54, 1.807) is 0 Å². The molecule has 0 fully saturated rings. The number of benzene rings is 2. The Morgan fingerprint density at radius 1 is 1.15 bits per heavy atom. The van der Waals surface area contributed by atoms with Crippen LogP contribution in [0.5, 0.6) is 5.75 Å². The Morgan fingerprint density at radius 3 is 2.60 bits per heavy atom. The third-order valence-corrected chi connectivity index (χ3v) is 4.15. The average molecular weight is 336 g/mol. The molecule has 0 aromatic heterocycles. The Balaban J connectivity index is 2.17. The molecule has 0 heterocycles. The van der Waals surface area contributed by atoms with Crippen LogP contribution < -0.4 is 10.1 Å². The molecule has 0 saturated heterocycles. The number of rotatable bonds is 6. The van der Waals surface area contributed by atoms with Crippen LogP contribution in [0, 0.1) is 0 Å². The predicted molar refractivity (Wildman–Crippen MR) is 89.5 cm³/mol. The van der Waals surface area contributed by atoms with E-state index >= 15 is 0 Å². The van der Waals surface area contributed by atoms with Crippen LogP contribution in [0.4, 0.5) is 0 Å². The maximum absolute atomic E-state index is 6.14. The zero-order chi connectivity index (χ0) is 14.5. The summed E-state index contributed by atoms with van der Waals surface area (Å²) in [5, 5.41) is 5.85. The summed E-state index contributed by atoms with van der Waals surface area (Å²) in [6.45, 7) is 7.33. The van der Waals surface area contributed by atoms with Crippen molar-refractivity contribution in [2.75, 3.05) is 6.54 Å². The van der Waals surface area contributed by atoms with Gasteiger partial charge in [-0.2, -0.15) is 0 Å². The van der Waals surface area contributed by atoms with Crippen molar-refractivity contribution >= 4 is 26.7 Å². The zero-order valence-electron chi connectivity index (χ0n) is 12.3. The number of ether oxygens (including phenoxy) is 1. The van der Waals surface area contributed by atoms with Crippen molar-refractivity contribution in [3.8, 4) is 5.75 Å². The third-order valence-electron chi connectivity index (χ3n) is 3.33. The average Bonchev–Trinajstić information content (AvgIpc) is 2.45. The summed E-state index contributed by atoms with van der Waals surface area (Å²) in [5.74, 6) is 0.918. The van der Waals surface area contributed by atoms with E-state index in [0.717, 1.165) is 23.2 Å². The van der Waals surface area contributed by atoms with Crippen molar-refractivity contribution in [2.24, 2.45) is 0 Å². The normalized spacial score (nSPS) is 12.8. The highest BCUT2D eigenvalue weighted by Crippen LogP contribution is 2.33. The quantitative estimate of drug-likeness (QED) is 0.821. The lowest BCUT2D eigenvalue weighted by Crippen LogP contribution is -2.34. The van der Waals surface area contributed by atoms with E-state index in [0.29, 0.717) is 6.04 Å². The molecule has 2 aromatic rings. The molecule has 0 bridgehead atoms. The van der Waals surface area contributed by atoms with E-state index in [1.807, 2.05) is 6.07 Å². The fourth-order valence-electron chi connectivity index (χ4n) is 2.12. The van der Waals surface area contributed by atoms with Gasteiger partial charge in [0.1, 0.15) is 11.9 Å². The lowest BCUT2D eigenvalue weighted by Gasteiger charge is -2.21. The molecule has 1 atom stereocenters. The van der Waals surface area contributed by atoms with Crippen LogP contribution in [0.1, 0.15) is 27.2 Å². The fourth-order valence-corrected chi connectivity index (χ4v) is 2.71. The highest BCUT2D eigenvalue weighted by Gasteiger charge is 2.12. The van der Waals surface area contributed by atoms with Gasteiger partial charge in [0, 0.05) is 12.6 Å². The van der Waals surface area contributed by atoms with E-state index < -0.39 is 0 Å². The molecule has 2 nitrogen and oxygen atoms in total. The molecule has 0 spiro atoms. The van der Waals surface area contributed by atoms with Gasteiger partial charge in [0.15, 0.2) is 0 Å². The molecule has 1 N–H and O–H groups in total. The Bertz CT molecular complexity index is 568. The number of fused-ring (bicyclic) bond motifs is 1. The van der Waals surface area contributed by atoms with E-state index in [1.165, 1.54) is 10.8 Å². The molecule has 108 valence electrons. The second kappa shape index (κ2) is 7.09. The highest BCUT2D eigenvalue weighted by atomic mass is 79.9. The first-order valence-electron chi connectivity index (χ1n) is 7.19. The van der Waals surface area contributed by atoms with Crippen LogP contribution >= 0.6 is 15.9 Å². The summed E-state index contributed by atoms with van der Waals surface area (Å²) >= 11 is 3.67. The smallest absolute Gasteiger partial charge is 0.134 e. The van der Waals surface area contributed by atoms with Gasteiger partial charge in [-0.3, -0.25) is 0 Å². The van der Waals surface area contributed by atoms with Crippen molar-refractivity contribution in [1.82, 2.24) is 5.32 Å². The van der Waals surface area contributed by atoms with E-state index in [4.69, 9.17) is 4.74 Å². The van der Waals surface area contributed by atoms with Gasteiger partial charge in [0.2, 0.25) is 0 Å². The zero-order valence-corrected chi connectivity index (χ0v) is 13.9. The number of hydrogen-bond donors (Lipinski definition) is 1. The topological polar surface area (TPSA) is 21.3 Å². The Labute approximate surface area is 129 Å². The fraction of sp³-hybridized carbons (Fsp3) is 0.412. The van der Waals surface area contributed by atoms with Crippen molar-refractivity contribution < 1.29 is 4.74 Å². The summed E-state index contributed by atoms with van der Waals surface area (Å²) < 4.78 is 7.18. The summed E-state index contributed by atoms with van der Waals surface area (Å²) in [4.78, 5) is 0. The molecule has 2 aromatic carbocycles. The van der Waals surface area contributed by atoms with Gasteiger partial charge >= 0.3 is 0 Å². The van der Waals surface area contributed by atoms with Crippen LogP contribution in [-0.4, -0.2) is 18.7 Å². The predicted octanol–water partition coefficient (Wildman–Crippen LogP) is 4.76. The Morgan fingerprint density at radius 2 is 1.90 bits per heavy atom. The van der Waals surface area contributed by atoms with Gasteiger partial charge in [-0.25, -0.2) is 0 Å². The Kier molecular flexibility index (Phi) is 5.44. The van der Waals surface area contributed by atoms with Crippen LogP contribution in [-0.2, 0) is 0 Å². The SMILES string of the molecule is CCC(CNC(C)C)Oc1ccc2ccccc2c1Br. The first-order valence-corrected chi connectivity index (χ1v) is 7.98. The maximum Gasteiger partial charge on any atom is 0.134 e. The third kappa shape index (κ3) is 3.74. The molecule has 0 amide bonds. The summed E-state index contributed by atoms with van der Waals surface area (Å²) in [6, 6.07) is 13.0. The Hall–Kier alpha value is -1.06. The van der Waals surface area contributed by atoms with Crippen molar-refractivity contribution in [1.29, 1.82) is 0 Å². The molecule has 1 unspecified atom stereocenters. The largest absolute Gasteiger partial charge is 0.488 e. The van der Waals surface area contributed by atoms with Gasteiger partial charge in [0.05, 0.1) is 4.47 Å². The minimum atomic E-state index is 0.190. The molecular formula is C17H22BrNO. The molecule has 0 aliphatic heterocycles. The maximum atomic E-state index is 6.14. The molecule has 2 rings (SSSR count). The standard InChI is InChI=1S/C17H22BrNO/c1-4-14(11-19-12(2)3)20-16-10-9-13-7-5-6-8-15(13)17(16)18/h5-10,12,14,19H,4,11H2,1-3H3. The number of hydrogen-bond acceptors (Lipinski definition) is 2. The van der Waals surface area contributed by atoms with Gasteiger partial charge < -0.3 is 10.1 Å². The van der Waals surface area contributed by atoms with Crippen LogP contribution in [0.25, 0.3) is 10.8 Å². The van der Waals surface area contributed by atoms with Crippen molar-refractivity contribution in [3.05, 3.63) is 40.9 Å². The minimum Gasteiger partial charge on any atom is -0.488 e. The minimum absolute atomic E-state index is 0.190. The van der Waals surface area contributed by atoms with Gasteiger partial charge in [-0.15, -0.1) is 0 Å². The molecule has 3 heteroatoms. The first kappa shape index (κ1) is 15.3. The molecule has 20 heavy (non-hydrogen) atoms. The van der Waals surface area contributed by atoms with Crippen molar-refractivity contribution in [3.63, 3.8) is 0 Å². The second-order valence-corrected chi connectivity index (χ2v) is 6.10. The van der Waals surface area contributed by atoms with E-state index in [2.05, 4.69) is 72.3 Å². The molecule has 0 saturated carbocycles. The van der Waals surface area contributed by atoms with Crippen LogP contribution in [0.15, 0.2) is 40.9 Å². The molecule has 0 aliphatic carbocycles. The lowest BCUT2D eigenvalue weighted by atomic mass is 10.1. The van der Waals surface area contributed by atoms with E-state index in [-0.39, 0.29) is 6.10 Å². The van der Waals surface area contributed by atoms with Gasteiger partial charge in [-0.1, -0.05) is 51.1 Å². The van der Waals surface area contributed by atoms with Crippen molar-refractivity contribution in [2.45, 2.75) is 39.3 Å². The number of halogens is 1. The van der Waals surface area contributed by atoms with E-state index in [9.17, 15) is 0 Å². The first-order chi connectivity index (χ1) is 9.61. The lowest BCUT2D eigenvalue weighted by molar-refractivity contribution is 0.189. The molecule has 0 radical (unpaired) electrons. The number of nitrogens with one attached hydrogen (secondary N) is 1. The van der Waals surface area contributed by atoms with Crippen LogP contribution in [0.2, 0.25) is 0 Å². The van der Waals surface area contributed by atoms with Crippen LogP contribution in [0.3, 0.4) is 0 Å². The monoisotopic (exact) mass is 335 g/mol. The highest BCUT2D eigenvalue weighted by molar-refractivity contribution is 9.10. The summed E-state index contributed by atoms with van der Waals surface area (Å²) in [6.07, 6.45) is 1.17. The molecular weight excluding hydrogens is 314 g/mol. The summed E-state index contributed by atoms with van der Waals surface area (Å²) in [5.41, 5.74) is 0.